The molecule has 0 radical (unpaired) electrons. The SMILES string of the molecule is Cc1cc2cccc([C@H]3CCN(Cc4ccccc4)C[C@H]3C)c2o1. The van der Waals surface area contributed by atoms with Crippen LogP contribution in [0.1, 0.15) is 36.1 Å². The Kier molecular flexibility index (Phi) is 4.15. The maximum atomic E-state index is 6.01. The Morgan fingerprint density at radius 1 is 1.08 bits per heavy atom. The highest BCUT2D eigenvalue weighted by molar-refractivity contribution is 5.81. The van der Waals surface area contributed by atoms with E-state index in [9.17, 15) is 0 Å². The van der Waals surface area contributed by atoms with E-state index < -0.39 is 0 Å². The lowest BCUT2D eigenvalue weighted by Crippen LogP contribution is -2.37. The van der Waals surface area contributed by atoms with Crippen molar-refractivity contribution in [3.05, 3.63) is 71.5 Å². The second-order valence-electron chi connectivity index (χ2n) is 7.22. The highest BCUT2D eigenvalue weighted by Gasteiger charge is 2.29. The first-order valence-corrected chi connectivity index (χ1v) is 8.96. The molecule has 4 rings (SSSR count). The van der Waals surface area contributed by atoms with Crippen LogP contribution in [-0.4, -0.2) is 18.0 Å². The lowest BCUT2D eigenvalue weighted by molar-refractivity contribution is 0.156. The number of hydrogen-bond donors (Lipinski definition) is 0. The predicted molar refractivity (Wildman–Crippen MR) is 99.2 cm³/mol. The van der Waals surface area contributed by atoms with Crippen molar-refractivity contribution in [3.63, 3.8) is 0 Å². The molecule has 2 atom stereocenters. The lowest BCUT2D eigenvalue weighted by Gasteiger charge is -2.37. The molecule has 2 heteroatoms. The molecule has 124 valence electrons. The van der Waals surface area contributed by atoms with E-state index in [0.29, 0.717) is 11.8 Å². The molecule has 24 heavy (non-hydrogen) atoms. The summed E-state index contributed by atoms with van der Waals surface area (Å²) in [6.07, 6.45) is 1.20. The van der Waals surface area contributed by atoms with E-state index in [-0.39, 0.29) is 0 Å². The van der Waals surface area contributed by atoms with Crippen molar-refractivity contribution in [2.45, 2.75) is 32.7 Å². The fourth-order valence-electron chi connectivity index (χ4n) is 4.19. The zero-order valence-corrected chi connectivity index (χ0v) is 14.5. The Morgan fingerprint density at radius 2 is 1.92 bits per heavy atom. The monoisotopic (exact) mass is 319 g/mol. The van der Waals surface area contributed by atoms with Crippen molar-refractivity contribution in [3.8, 4) is 0 Å². The molecule has 1 aliphatic rings. The molecular weight excluding hydrogens is 294 g/mol. The molecule has 0 unspecified atom stereocenters. The number of rotatable bonds is 3. The van der Waals surface area contributed by atoms with Crippen molar-refractivity contribution in [1.82, 2.24) is 4.90 Å². The Labute approximate surface area is 144 Å². The topological polar surface area (TPSA) is 16.4 Å². The molecule has 2 heterocycles. The van der Waals surface area contributed by atoms with Gasteiger partial charge in [0.05, 0.1) is 0 Å². The maximum Gasteiger partial charge on any atom is 0.137 e. The summed E-state index contributed by atoms with van der Waals surface area (Å²) in [5, 5.41) is 1.24. The van der Waals surface area contributed by atoms with E-state index in [2.05, 4.69) is 66.4 Å². The third kappa shape index (κ3) is 2.99. The molecule has 0 bridgehead atoms. The summed E-state index contributed by atoms with van der Waals surface area (Å²) in [4.78, 5) is 2.59. The number of para-hydroxylation sites is 1. The largest absolute Gasteiger partial charge is 0.461 e. The first kappa shape index (κ1) is 15.5. The molecule has 0 spiro atoms. The second kappa shape index (κ2) is 6.45. The van der Waals surface area contributed by atoms with Crippen LogP contribution in [0.25, 0.3) is 11.0 Å². The van der Waals surface area contributed by atoms with Crippen LogP contribution in [0.4, 0.5) is 0 Å². The number of benzene rings is 2. The minimum absolute atomic E-state index is 0.589. The van der Waals surface area contributed by atoms with E-state index in [0.717, 1.165) is 31.0 Å². The van der Waals surface area contributed by atoms with Gasteiger partial charge in [-0.2, -0.15) is 0 Å². The normalized spacial score (nSPS) is 22.1. The molecule has 1 saturated heterocycles. The average Bonchev–Trinajstić information content (AvgIpc) is 2.96. The Morgan fingerprint density at radius 3 is 2.71 bits per heavy atom. The summed E-state index contributed by atoms with van der Waals surface area (Å²) < 4.78 is 6.01. The van der Waals surface area contributed by atoms with Crippen molar-refractivity contribution in [2.24, 2.45) is 5.92 Å². The molecule has 2 aromatic carbocycles. The van der Waals surface area contributed by atoms with Gasteiger partial charge in [-0.1, -0.05) is 55.5 Å². The predicted octanol–water partition coefficient (Wildman–Crippen LogP) is 5.37. The van der Waals surface area contributed by atoms with Crippen LogP contribution in [0, 0.1) is 12.8 Å². The van der Waals surface area contributed by atoms with E-state index >= 15 is 0 Å². The number of furan rings is 1. The van der Waals surface area contributed by atoms with E-state index in [1.165, 1.54) is 22.9 Å². The van der Waals surface area contributed by atoms with Gasteiger partial charge in [0.25, 0.3) is 0 Å². The number of likely N-dealkylation sites (tertiary alicyclic amines) is 1. The average molecular weight is 319 g/mol. The van der Waals surface area contributed by atoms with Crippen LogP contribution in [-0.2, 0) is 6.54 Å². The molecule has 0 aliphatic carbocycles. The minimum atomic E-state index is 0.589. The number of piperidine rings is 1. The Balaban J connectivity index is 1.52. The summed E-state index contributed by atoms with van der Waals surface area (Å²) in [5.41, 5.74) is 3.91. The van der Waals surface area contributed by atoms with Crippen molar-refractivity contribution < 1.29 is 4.42 Å². The van der Waals surface area contributed by atoms with Crippen LogP contribution in [0.5, 0.6) is 0 Å². The molecule has 1 aromatic heterocycles. The molecule has 1 fully saturated rings. The first-order valence-electron chi connectivity index (χ1n) is 8.96. The van der Waals surface area contributed by atoms with Gasteiger partial charge in [-0.05, 0) is 48.9 Å². The maximum absolute atomic E-state index is 6.01. The van der Waals surface area contributed by atoms with Gasteiger partial charge < -0.3 is 4.42 Å². The third-order valence-electron chi connectivity index (χ3n) is 5.34. The van der Waals surface area contributed by atoms with Crippen molar-refractivity contribution >= 4 is 11.0 Å². The second-order valence-corrected chi connectivity index (χ2v) is 7.22. The van der Waals surface area contributed by atoms with E-state index in [1.54, 1.807) is 0 Å². The van der Waals surface area contributed by atoms with Crippen LogP contribution < -0.4 is 0 Å². The molecular formula is C22H25NO. The van der Waals surface area contributed by atoms with Crippen LogP contribution in [0.2, 0.25) is 0 Å². The standard InChI is InChI=1S/C22H25NO/c1-16-14-23(15-18-7-4-3-5-8-18)12-11-20(16)21-10-6-9-19-13-17(2)24-22(19)21/h3-10,13,16,20H,11-12,14-15H2,1-2H3/t16-,20+/m1/s1. The Hall–Kier alpha value is -2.06. The van der Waals surface area contributed by atoms with Gasteiger partial charge in [0.15, 0.2) is 0 Å². The van der Waals surface area contributed by atoms with Gasteiger partial charge in [-0.3, -0.25) is 4.90 Å². The van der Waals surface area contributed by atoms with Gasteiger partial charge in [0.2, 0.25) is 0 Å². The van der Waals surface area contributed by atoms with Gasteiger partial charge in [-0.15, -0.1) is 0 Å². The number of aryl methyl sites for hydroxylation is 1. The molecule has 0 saturated carbocycles. The van der Waals surface area contributed by atoms with Crippen LogP contribution >= 0.6 is 0 Å². The molecule has 3 aromatic rings. The van der Waals surface area contributed by atoms with E-state index in [1.807, 2.05) is 6.92 Å². The smallest absolute Gasteiger partial charge is 0.137 e. The van der Waals surface area contributed by atoms with Gasteiger partial charge in [-0.25, -0.2) is 0 Å². The van der Waals surface area contributed by atoms with Crippen molar-refractivity contribution in [2.75, 3.05) is 13.1 Å². The van der Waals surface area contributed by atoms with Crippen LogP contribution in [0.15, 0.2) is 59.0 Å². The zero-order chi connectivity index (χ0) is 16.5. The Bertz CT molecular complexity index is 820. The summed E-state index contributed by atoms with van der Waals surface area (Å²) in [5.74, 6) is 2.23. The van der Waals surface area contributed by atoms with E-state index in [4.69, 9.17) is 4.42 Å². The highest BCUT2D eigenvalue weighted by atomic mass is 16.3. The molecule has 1 aliphatic heterocycles. The molecule has 0 N–H and O–H groups in total. The van der Waals surface area contributed by atoms with Gasteiger partial charge in [0.1, 0.15) is 11.3 Å². The van der Waals surface area contributed by atoms with Crippen LogP contribution in [0.3, 0.4) is 0 Å². The fourth-order valence-corrected chi connectivity index (χ4v) is 4.19. The van der Waals surface area contributed by atoms with Gasteiger partial charge >= 0.3 is 0 Å². The molecule has 0 amide bonds. The third-order valence-corrected chi connectivity index (χ3v) is 5.34. The number of hydrogen-bond acceptors (Lipinski definition) is 2. The van der Waals surface area contributed by atoms with Crippen molar-refractivity contribution in [1.29, 1.82) is 0 Å². The van der Waals surface area contributed by atoms with Gasteiger partial charge in [0, 0.05) is 18.5 Å². The summed E-state index contributed by atoms with van der Waals surface area (Å²) in [6, 6.07) is 19.5. The summed E-state index contributed by atoms with van der Waals surface area (Å²) in [7, 11) is 0. The fraction of sp³-hybridized carbons (Fsp3) is 0.364. The zero-order valence-electron chi connectivity index (χ0n) is 14.5. The number of fused-ring (bicyclic) bond motifs is 1. The quantitative estimate of drug-likeness (QED) is 0.645. The first-order chi connectivity index (χ1) is 11.7. The summed E-state index contributed by atoms with van der Waals surface area (Å²) >= 11 is 0. The molecule has 2 nitrogen and oxygen atoms in total. The highest BCUT2D eigenvalue weighted by Crippen LogP contribution is 2.37. The minimum Gasteiger partial charge on any atom is -0.461 e. The lowest BCUT2D eigenvalue weighted by atomic mass is 9.81. The summed E-state index contributed by atoms with van der Waals surface area (Å²) in [6.45, 7) is 7.78. The number of nitrogens with zero attached hydrogens (tertiary/aromatic N) is 1.